The quantitative estimate of drug-likeness (QED) is 0.645. The molecule has 0 bridgehead atoms. The maximum absolute atomic E-state index is 11.5. The summed E-state index contributed by atoms with van der Waals surface area (Å²) in [6.07, 6.45) is 0.805. The second-order valence-corrected chi connectivity index (χ2v) is 3.89. The average molecular weight is 265 g/mol. The number of ether oxygens (including phenoxy) is 3. The molecule has 0 spiro atoms. The van der Waals surface area contributed by atoms with Crippen molar-refractivity contribution in [1.82, 2.24) is 0 Å². The second-order valence-electron chi connectivity index (χ2n) is 3.89. The normalized spacial score (nSPS) is 13.3. The van der Waals surface area contributed by atoms with E-state index in [1.165, 1.54) is 0 Å². The number of fused-ring (bicyclic) bond motifs is 1. The maximum Gasteiger partial charge on any atom is 0.397 e. The zero-order chi connectivity index (χ0) is 13.7. The van der Waals surface area contributed by atoms with Crippen LogP contribution in [-0.2, 0) is 14.3 Å². The van der Waals surface area contributed by atoms with Gasteiger partial charge >= 0.3 is 11.9 Å². The van der Waals surface area contributed by atoms with Crippen molar-refractivity contribution in [3.05, 3.63) is 18.2 Å². The highest BCUT2D eigenvalue weighted by Gasteiger charge is 2.16. The molecule has 1 aliphatic rings. The molecule has 0 radical (unpaired) electrons. The molecular weight excluding hydrogens is 250 g/mol. The van der Waals surface area contributed by atoms with E-state index in [0.717, 1.165) is 6.42 Å². The molecule has 0 aliphatic carbocycles. The predicted molar refractivity (Wildman–Crippen MR) is 67.3 cm³/mol. The minimum absolute atomic E-state index is 0.160. The van der Waals surface area contributed by atoms with Gasteiger partial charge in [0.15, 0.2) is 11.5 Å². The van der Waals surface area contributed by atoms with Gasteiger partial charge in [0.1, 0.15) is 0 Å². The molecule has 0 aromatic heterocycles. The van der Waals surface area contributed by atoms with Crippen LogP contribution in [-0.4, -0.2) is 31.7 Å². The van der Waals surface area contributed by atoms with E-state index in [1.54, 1.807) is 25.1 Å². The Morgan fingerprint density at radius 3 is 2.74 bits per heavy atom. The fourth-order valence-corrected chi connectivity index (χ4v) is 1.62. The van der Waals surface area contributed by atoms with Gasteiger partial charge in [0.25, 0.3) is 0 Å². The molecule has 19 heavy (non-hydrogen) atoms. The van der Waals surface area contributed by atoms with Crippen molar-refractivity contribution < 1.29 is 23.8 Å². The van der Waals surface area contributed by atoms with Crippen LogP contribution in [0.4, 0.5) is 5.69 Å². The van der Waals surface area contributed by atoms with Gasteiger partial charge in [-0.25, -0.2) is 4.79 Å². The summed E-state index contributed by atoms with van der Waals surface area (Å²) in [5, 5.41) is 2.45. The van der Waals surface area contributed by atoms with Crippen LogP contribution in [0, 0.1) is 0 Å². The first kappa shape index (κ1) is 13.2. The molecule has 2 rings (SSSR count). The highest BCUT2D eigenvalue weighted by molar-refractivity contribution is 6.37. The van der Waals surface area contributed by atoms with Crippen molar-refractivity contribution in [2.24, 2.45) is 0 Å². The molecular formula is C13H15NO5. The SMILES string of the molecule is CCOC(=O)C(=O)Nc1ccc2c(c1)OCCCO2. The summed E-state index contributed by atoms with van der Waals surface area (Å²) in [5.41, 5.74) is 0.460. The molecule has 1 amide bonds. The molecule has 1 N–H and O–H groups in total. The Kier molecular flexibility index (Phi) is 4.22. The summed E-state index contributed by atoms with van der Waals surface area (Å²) in [5.74, 6) is -0.531. The fourth-order valence-electron chi connectivity index (χ4n) is 1.62. The number of benzene rings is 1. The second kappa shape index (κ2) is 6.08. The lowest BCUT2D eigenvalue weighted by Crippen LogP contribution is -2.24. The number of nitrogens with one attached hydrogen (secondary N) is 1. The van der Waals surface area contributed by atoms with Gasteiger partial charge in [-0.15, -0.1) is 0 Å². The number of esters is 1. The predicted octanol–water partition coefficient (Wildman–Crippen LogP) is 1.35. The van der Waals surface area contributed by atoms with Gasteiger partial charge in [0.2, 0.25) is 0 Å². The van der Waals surface area contributed by atoms with Crippen molar-refractivity contribution in [3.63, 3.8) is 0 Å². The third-order valence-electron chi connectivity index (χ3n) is 2.47. The zero-order valence-corrected chi connectivity index (χ0v) is 10.6. The molecule has 0 saturated carbocycles. The van der Waals surface area contributed by atoms with Gasteiger partial charge in [0, 0.05) is 18.2 Å². The van der Waals surface area contributed by atoms with Crippen LogP contribution in [0.5, 0.6) is 11.5 Å². The summed E-state index contributed by atoms with van der Waals surface area (Å²) in [6, 6.07) is 4.96. The Morgan fingerprint density at radius 2 is 2.00 bits per heavy atom. The van der Waals surface area contributed by atoms with Gasteiger partial charge in [-0.05, 0) is 19.1 Å². The van der Waals surface area contributed by atoms with Crippen molar-refractivity contribution in [2.75, 3.05) is 25.1 Å². The van der Waals surface area contributed by atoms with E-state index in [2.05, 4.69) is 10.1 Å². The molecule has 6 heteroatoms. The molecule has 1 aromatic rings. The van der Waals surface area contributed by atoms with E-state index in [4.69, 9.17) is 9.47 Å². The van der Waals surface area contributed by atoms with Gasteiger partial charge in [0.05, 0.1) is 19.8 Å². The number of amides is 1. The molecule has 0 unspecified atom stereocenters. The fraction of sp³-hybridized carbons (Fsp3) is 0.385. The monoisotopic (exact) mass is 265 g/mol. The number of carbonyl (C=O) groups is 2. The van der Waals surface area contributed by atoms with E-state index < -0.39 is 11.9 Å². The van der Waals surface area contributed by atoms with Crippen molar-refractivity contribution in [1.29, 1.82) is 0 Å². The van der Waals surface area contributed by atoms with Crippen LogP contribution >= 0.6 is 0 Å². The summed E-state index contributed by atoms with van der Waals surface area (Å²) in [6.45, 7) is 2.95. The van der Waals surface area contributed by atoms with Gasteiger partial charge in [-0.2, -0.15) is 0 Å². The Bertz CT molecular complexity index is 486. The Morgan fingerprint density at radius 1 is 1.26 bits per heavy atom. The summed E-state index contributed by atoms with van der Waals surface area (Å²) >= 11 is 0. The summed E-state index contributed by atoms with van der Waals surface area (Å²) < 4.78 is 15.6. The number of carbonyl (C=O) groups excluding carboxylic acids is 2. The van der Waals surface area contributed by atoms with Crippen molar-refractivity contribution in [3.8, 4) is 11.5 Å². The first-order valence-corrected chi connectivity index (χ1v) is 6.08. The average Bonchev–Trinajstić information content (AvgIpc) is 2.63. The van der Waals surface area contributed by atoms with Gasteiger partial charge in [-0.3, -0.25) is 4.79 Å². The topological polar surface area (TPSA) is 73.9 Å². The number of hydrogen-bond donors (Lipinski definition) is 1. The van der Waals surface area contributed by atoms with E-state index in [-0.39, 0.29) is 6.61 Å². The van der Waals surface area contributed by atoms with E-state index in [9.17, 15) is 9.59 Å². The lowest BCUT2D eigenvalue weighted by Gasteiger charge is -2.10. The summed E-state index contributed by atoms with van der Waals surface area (Å²) in [4.78, 5) is 22.7. The van der Waals surface area contributed by atoms with E-state index in [1.807, 2.05) is 0 Å². The minimum Gasteiger partial charge on any atom is -0.490 e. The third-order valence-corrected chi connectivity index (χ3v) is 2.47. The van der Waals surface area contributed by atoms with Crippen LogP contribution in [0.1, 0.15) is 13.3 Å². The number of hydrogen-bond acceptors (Lipinski definition) is 5. The van der Waals surface area contributed by atoms with Crippen LogP contribution in [0.25, 0.3) is 0 Å². The third kappa shape index (κ3) is 3.37. The minimum atomic E-state index is -0.908. The Labute approximate surface area is 110 Å². The number of rotatable bonds is 2. The Balaban J connectivity index is 2.07. The first-order chi connectivity index (χ1) is 9.20. The molecule has 0 atom stereocenters. The molecule has 0 fully saturated rings. The summed E-state index contributed by atoms with van der Waals surface area (Å²) in [7, 11) is 0. The van der Waals surface area contributed by atoms with Crippen molar-refractivity contribution in [2.45, 2.75) is 13.3 Å². The molecule has 1 aliphatic heterocycles. The smallest absolute Gasteiger partial charge is 0.397 e. The van der Waals surface area contributed by atoms with Crippen LogP contribution < -0.4 is 14.8 Å². The standard InChI is InChI=1S/C13H15NO5/c1-2-17-13(16)12(15)14-9-4-5-10-11(8-9)19-7-3-6-18-10/h4-5,8H,2-3,6-7H2,1H3,(H,14,15). The Hall–Kier alpha value is -2.24. The molecule has 1 aromatic carbocycles. The maximum atomic E-state index is 11.5. The molecule has 6 nitrogen and oxygen atoms in total. The lowest BCUT2D eigenvalue weighted by atomic mass is 10.2. The largest absolute Gasteiger partial charge is 0.490 e. The van der Waals surface area contributed by atoms with Crippen LogP contribution in [0.2, 0.25) is 0 Å². The van der Waals surface area contributed by atoms with Gasteiger partial charge < -0.3 is 19.5 Å². The van der Waals surface area contributed by atoms with E-state index >= 15 is 0 Å². The highest BCUT2D eigenvalue weighted by atomic mass is 16.5. The van der Waals surface area contributed by atoms with E-state index in [0.29, 0.717) is 30.4 Å². The first-order valence-electron chi connectivity index (χ1n) is 6.08. The number of anilines is 1. The highest BCUT2D eigenvalue weighted by Crippen LogP contribution is 2.32. The van der Waals surface area contributed by atoms with Crippen molar-refractivity contribution >= 4 is 17.6 Å². The molecule has 1 heterocycles. The van der Waals surface area contributed by atoms with Gasteiger partial charge in [-0.1, -0.05) is 0 Å². The molecule has 102 valence electrons. The lowest BCUT2D eigenvalue weighted by molar-refractivity contribution is -0.152. The molecule has 0 saturated heterocycles. The van der Waals surface area contributed by atoms with Crippen LogP contribution in [0.3, 0.4) is 0 Å². The van der Waals surface area contributed by atoms with Crippen LogP contribution in [0.15, 0.2) is 18.2 Å². The zero-order valence-electron chi connectivity index (χ0n) is 10.6.